The van der Waals surface area contributed by atoms with Gasteiger partial charge in [0.25, 0.3) is 0 Å². The van der Waals surface area contributed by atoms with E-state index in [4.69, 9.17) is 5.73 Å². The minimum Gasteiger partial charge on any atom is -0.330 e. The van der Waals surface area contributed by atoms with Gasteiger partial charge < -0.3 is 10.3 Å². The fourth-order valence-electron chi connectivity index (χ4n) is 2.59. The van der Waals surface area contributed by atoms with Gasteiger partial charge in [-0.15, -0.1) is 10.2 Å². The number of hydrogen-bond donors (Lipinski definition) is 1. The van der Waals surface area contributed by atoms with Gasteiger partial charge in [-0.05, 0) is 31.9 Å². The van der Waals surface area contributed by atoms with E-state index in [0.29, 0.717) is 5.92 Å². The molecule has 0 fully saturated rings. The van der Waals surface area contributed by atoms with Crippen molar-refractivity contribution in [1.82, 2.24) is 14.8 Å². The van der Waals surface area contributed by atoms with Gasteiger partial charge in [0.15, 0.2) is 5.82 Å². The van der Waals surface area contributed by atoms with E-state index >= 15 is 0 Å². The molecular weight excluding hydrogens is 224 g/mol. The molecule has 0 saturated heterocycles. The zero-order valence-corrected chi connectivity index (χ0v) is 10.6. The van der Waals surface area contributed by atoms with Crippen LogP contribution in [0.4, 0.5) is 0 Å². The van der Waals surface area contributed by atoms with Gasteiger partial charge in [0.05, 0.1) is 0 Å². The van der Waals surface area contributed by atoms with E-state index in [1.807, 2.05) is 0 Å². The summed E-state index contributed by atoms with van der Waals surface area (Å²) in [7, 11) is 0. The molecule has 3 rings (SSSR count). The molecule has 4 nitrogen and oxygen atoms in total. The number of nitrogens with zero attached hydrogens (tertiary/aromatic N) is 3. The monoisotopic (exact) mass is 242 g/mol. The van der Waals surface area contributed by atoms with Crippen LogP contribution in [-0.4, -0.2) is 21.3 Å². The molecule has 0 bridgehead atoms. The highest BCUT2D eigenvalue weighted by atomic mass is 15.3. The summed E-state index contributed by atoms with van der Waals surface area (Å²) in [5.41, 5.74) is 8.14. The second kappa shape index (κ2) is 4.53. The molecule has 0 spiro atoms. The number of aromatic nitrogens is 3. The van der Waals surface area contributed by atoms with E-state index in [9.17, 15) is 0 Å². The van der Waals surface area contributed by atoms with Crippen LogP contribution in [0.15, 0.2) is 24.3 Å². The lowest BCUT2D eigenvalue weighted by Gasteiger charge is -2.22. The van der Waals surface area contributed by atoms with E-state index in [1.165, 1.54) is 5.56 Å². The van der Waals surface area contributed by atoms with Crippen LogP contribution in [0.5, 0.6) is 0 Å². The normalized spacial score (nSPS) is 18.7. The molecular formula is C14H18N4. The molecule has 2 aromatic rings. The average Bonchev–Trinajstić information content (AvgIpc) is 2.81. The summed E-state index contributed by atoms with van der Waals surface area (Å²) in [6.07, 6.45) is 2.08. The maximum Gasteiger partial charge on any atom is 0.163 e. The van der Waals surface area contributed by atoms with Crippen LogP contribution in [-0.2, 0) is 13.0 Å². The number of benzene rings is 1. The van der Waals surface area contributed by atoms with Crippen LogP contribution in [0.1, 0.15) is 17.8 Å². The van der Waals surface area contributed by atoms with E-state index in [0.717, 1.165) is 43.1 Å². The average molecular weight is 242 g/mol. The van der Waals surface area contributed by atoms with Crippen molar-refractivity contribution in [3.05, 3.63) is 35.7 Å². The Bertz CT molecular complexity index is 559. The fourth-order valence-corrected chi connectivity index (χ4v) is 2.59. The zero-order valence-electron chi connectivity index (χ0n) is 10.6. The lowest BCUT2D eigenvalue weighted by molar-refractivity contribution is 0.391. The summed E-state index contributed by atoms with van der Waals surface area (Å²) in [5.74, 6) is 2.63. The lowest BCUT2D eigenvalue weighted by atomic mass is 9.98. The molecule has 2 N–H and O–H groups in total. The predicted molar refractivity (Wildman–Crippen MR) is 71.1 cm³/mol. The quantitative estimate of drug-likeness (QED) is 0.873. The minimum atomic E-state index is 0.562. The first kappa shape index (κ1) is 11.4. The van der Waals surface area contributed by atoms with E-state index in [1.54, 1.807) is 0 Å². The Labute approximate surface area is 107 Å². The molecule has 0 aliphatic carbocycles. The third-order valence-corrected chi connectivity index (χ3v) is 3.67. The second-order valence-electron chi connectivity index (χ2n) is 5.06. The number of aryl methyl sites for hydroxylation is 1. The standard InChI is InChI=1S/C14H18N4/c1-10-3-2-4-12(7-10)14-17-16-13-8-11(9-15)5-6-18(13)14/h2-4,7,11H,5-6,8-9,15H2,1H3. The van der Waals surface area contributed by atoms with Crippen LogP contribution >= 0.6 is 0 Å². The van der Waals surface area contributed by atoms with Gasteiger partial charge in [-0.2, -0.15) is 0 Å². The van der Waals surface area contributed by atoms with Crippen LogP contribution in [0, 0.1) is 12.8 Å². The molecule has 18 heavy (non-hydrogen) atoms. The third kappa shape index (κ3) is 1.93. The maximum absolute atomic E-state index is 5.74. The Morgan fingerprint density at radius 1 is 1.39 bits per heavy atom. The van der Waals surface area contributed by atoms with E-state index in [2.05, 4.69) is 46.0 Å². The molecule has 1 aliphatic heterocycles. The van der Waals surface area contributed by atoms with Crippen molar-refractivity contribution in [3.8, 4) is 11.4 Å². The second-order valence-corrected chi connectivity index (χ2v) is 5.06. The highest BCUT2D eigenvalue weighted by molar-refractivity contribution is 5.56. The van der Waals surface area contributed by atoms with Crippen molar-refractivity contribution >= 4 is 0 Å². The topological polar surface area (TPSA) is 56.7 Å². The van der Waals surface area contributed by atoms with Crippen molar-refractivity contribution in [1.29, 1.82) is 0 Å². The number of rotatable bonds is 2. The summed E-state index contributed by atoms with van der Waals surface area (Å²) in [6, 6.07) is 8.42. The molecule has 94 valence electrons. The van der Waals surface area contributed by atoms with Crippen molar-refractivity contribution in [2.24, 2.45) is 11.7 Å². The fraction of sp³-hybridized carbons (Fsp3) is 0.429. The van der Waals surface area contributed by atoms with Crippen molar-refractivity contribution in [2.45, 2.75) is 26.3 Å². The number of fused-ring (bicyclic) bond motifs is 1. The third-order valence-electron chi connectivity index (χ3n) is 3.67. The van der Waals surface area contributed by atoms with Gasteiger partial charge in [-0.1, -0.05) is 23.8 Å². The smallest absolute Gasteiger partial charge is 0.163 e. The molecule has 2 heterocycles. The molecule has 1 aromatic heterocycles. The van der Waals surface area contributed by atoms with Gasteiger partial charge in [-0.25, -0.2) is 0 Å². The molecule has 0 radical (unpaired) electrons. The van der Waals surface area contributed by atoms with Crippen molar-refractivity contribution in [2.75, 3.05) is 6.54 Å². The van der Waals surface area contributed by atoms with Crippen molar-refractivity contribution < 1.29 is 0 Å². The highest BCUT2D eigenvalue weighted by Crippen LogP contribution is 2.25. The molecule has 1 aromatic carbocycles. The summed E-state index contributed by atoms with van der Waals surface area (Å²) in [4.78, 5) is 0. The van der Waals surface area contributed by atoms with Gasteiger partial charge in [0, 0.05) is 18.5 Å². The lowest BCUT2D eigenvalue weighted by Crippen LogP contribution is -2.25. The maximum atomic E-state index is 5.74. The van der Waals surface area contributed by atoms with Crippen LogP contribution < -0.4 is 5.73 Å². The van der Waals surface area contributed by atoms with Crippen LogP contribution in [0.3, 0.4) is 0 Å². The summed E-state index contributed by atoms with van der Waals surface area (Å²) < 4.78 is 2.24. The van der Waals surface area contributed by atoms with E-state index in [-0.39, 0.29) is 0 Å². The summed E-state index contributed by atoms with van der Waals surface area (Å²) >= 11 is 0. The van der Waals surface area contributed by atoms with Gasteiger partial charge in [-0.3, -0.25) is 0 Å². The first-order valence-corrected chi connectivity index (χ1v) is 6.47. The minimum absolute atomic E-state index is 0.562. The van der Waals surface area contributed by atoms with Gasteiger partial charge >= 0.3 is 0 Å². The number of hydrogen-bond acceptors (Lipinski definition) is 3. The first-order valence-electron chi connectivity index (χ1n) is 6.47. The molecule has 0 amide bonds. The zero-order chi connectivity index (χ0) is 12.5. The summed E-state index contributed by atoms with van der Waals surface area (Å²) in [5, 5.41) is 8.67. The SMILES string of the molecule is Cc1cccc(-c2nnc3n2CCC(CN)C3)c1. The Kier molecular flexibility index (Phi) is 2.88. The molecule has 1 aliphatic rings. The van der Waals surface area contributed by atoms with E-state index < -0.39 is 0 Å². The Morgan fingerprint density at radius 3 is 3.06 bits per heavy atom. The summed E-state index contributed by atoms with van der Waals surface area (Å²) in [6.45, 7) is 3.82. The highest BCUT2D eigenvalue weighted by Gasteiger charge is 2.22. The number of nitrogens with two attached hydrogens (primary N) is 1. The van der Waals surface area contributed by atoms with Crippen molar-refractivity contribution in [3.63, 3.8) is 0 Å². The Balaban J connectivity index is 1.98. The Morgan fingerprint density at radius 2 is 2.28 bits per heavy atom. The molecule has 1 unspecified atom stereocenters. The predicted octanol–water partition coefficient (Wildman–Crippen LogP) is 1.77. The molecule has 0 saturated carbocycles. The molecule has 4 heteroatoms. The van der Waals surface area contributed by atoms with Gasteiger partial charge in [0.2, 0.25) is 0 Å². The van der Waals surface area contributed by atoms with Crippen LogP contribution in [0.2, 0.25) is 0 Å². The Hall–Kier alpha value is -1.68. The first-order chi connectivity index (χ1) is 8.78. The molecule has 1 atom stereocenters. The van der Waals surface area contributed by atoms with Crippen LogP contribution in [0.25, 0.3) is 11.4 Å². The largest absolute Gasteiger partial charge is 0.330 e. The van der Waals surface area contributed by atoms with Gasteiger partial charge in [0.1, 0.15) is 5.82 Å².